The summed E-state index contributed by atoms with van der Waals surface area (Å²) in [5.41, 5.74) is 0.148. The van der Waals surface area contributed by atoms with Gasteiger partial charge in [0.05, 0.1) is 6.20 Å². The van der Waals surface area contributed by atoms with Crippen LogP contribution in [0.2, 0.25) is 0 Å². The Morgan fingerprint density at radius 1 is 1.52 bits per heavy atom. The predicted octanol–water partition coefficient (Wildman–Crippen LogP) is -0.177. The summed E-state index contributed by atoms with van der Waals surface area (Å²) in [6, 6.07) is 0.529. The number of nitrogens with one attached hydrogen (secondary N) is 1. The number of hydrogen-bond acceptors (Lipinski definition) is 5. The van der Waals surface area contributed by atoms with Gasteiger partial charge in [-0.2, -0.15) is 0 Å². The Kier molecular flexibility index (Phi) is 4.89. The van der Waals surface area contributed by atoms with E-state index in [0.717, 1.165) is 24.2 Å². The standard InChI is InChI=1S/C13H21N5O3/c1-9(2)17-4-3-10(6-17)5-14-13(21)11-7-18(16-15-11)8-12(19)20/h7,9-10H,3-6,8H2,1-2H3,(H,14,21)(H,19,20). The lowest BCUT2D eigenvalue weighted by atomic mass is 10.1. The summed E-state index contributed by atoms with van der Waals surface area (Å²) in [5, 5.41) is 18.8. The molecule has 1 saturated heterocycles. The number of carboxylic acid groups (broad SMARTS) is 1. The van der Waals surface area contributed by atoms with Crippen LogP contribution in [0.3, 0.4) is 0 Å². The van der Waals surface area contributed by atoms with Gasteiger partial charge in [-0.3, -0.25) is 9.59 Å². The summed E-state index contributed by atoms with van der Waals surface area (Å²) in [7, 11) is 0. The lowest BCUT2D eigenvalue weighted by Gasteiger charge is -2.20. The van der Waals surface area contributed by atoms with Crippen LogP contribution in [0, 0.1) is 5.92 Å². The van der Waals surface area contributed by atoms with Gasteiger partial charge >= 0.3 is 5.97 Å². The quantitative estimate of drug-likeness (QED) is 0.755. The van der Waals surface area contributed by atoms with E-state index in [4.69, 9.17) is 5.11 Å². The molecule has 1 amide bonds. The van der Waals surface area contributed by atoms with E-state index in [1.807, 2.05) is 0 Å². The second kappa shape index (κ2) is 6.66. The molecule has 21 heavy (non-hydrogen) atoms. The molecular weight excluding hydrogens is 274 g/mol. The number of aromatic nitrogens is 3. The molecule has 2 rings (SSSR count). The maximum Gasteiger partial charge on any atom is 0.325 e. The molecule has 0 saturated carbocycles. The van der Waals surface area contributed by atoms with Crippen LogP contribution in [0.25, 0.3) is 0 Å². The second-order valence-electron chi connectivity index (χ2n) is 5.65. The first-order chi connectivity index (χ1) is 9.95. The summed E-state index contributed by atoms with van der Waals surface area (Å²) < 4.78 is 1.13. The van der Waals surface area contributed by atoms with Gasteiger partial charge in [-0.15, -0.1) is 5.10 Å². The van der Waals surface area contributed by atoms with Crippen LogP contribution in [-0.2, 0) is 11.3 Å². The molecule has 2 N–H and O–H groups in total. The van der Waals surface area contributed by atoms with Crippen LogP contribution < -0.4 is 5.32 Å². The molecule has 0 spiro atoms. The fourth-order valence-electron chi connectivity index (χ4n) is 2.44. The zero-order chi connectivity index (χ0) is 15.4. The Balaban J connectivity index is 1.80. The Bertz CT molecular complexity index is 514. The Morgan fingerprint density at radius 3 is 2.90 bits per heavy atom. The van der Waals surface area contributed by atoms with Crippen molar-refractivity contribution in [3.05, 3.63) is 11.9 Å². The molecule has 116 valence electrons. The van der Waals surface area contributed by atoms with Crippen molar-refractivity contribution >= 4 is 11.9 Å². The van der Waals surface area contributed by atoms with Crippen molar-refractivity contribution in [1.82, 2.24) is 25.2 Å². The fourth-order valence-corrected chi connectivity index (χ4v) is 2.44. The molecule has 0 bridgehead atoms. The molecule has 8 heteroatoms. The Hall–Kier alpha value is -1.96. The minimum Gasteiger partial charge on any atom is -0.480 e. The van der Waals surface area contributed by atoms with Gasteiger partial charge in [-0.05, 0) is 32.7 Å². The third kappa shape index (κ3) is 4.25. The van der Waals surface area contributed by atoms with Crippen LogP contribution in [0.15, 0.2) is 6.20 Å². The zero-order valence-corrected chi connectivity index (χ0v) is 12.3. The maximum atomic E-state index is 11.9. The minimum atomic E-state index is -1.02. The number of nitrogens with zero attached hydrogens (tertiary/aromatic N) is 4. The van der Waals surface area contributed by atoms with E-state index in [9.17, 15) is 9.59 Å². The number of carbonyl (C=O) groups excluding carboxylic acids is 1. The molecule has 1 fully saturated rings. The van der Waals surface area contributed by atoms with Crippen molar-refractivity contribution in [2.45, 2.75) is 32.9 Å². The van der Waals surface area contributed by atoms with Crippen molar-refractivity contribution in [3.8, 4) is 0 Å². The van der Waals surface area contributed by atoms with E-state index >= 15 is 0 Å². The van der Waals surface area contributed by atoms with E-state index in [1.165, 1.54) is 6.20 Å². The van der Waals surface area contributed by atoms with Gasteiger partial charge in [0.1, 0.15) is 6.54 Å². The number of carbonyl (C=O) groups is 2. The minimum absolute atomic E-state index is 0.148. The molecule has 1 aliphatic heterocycles. The molecule has 1 atom stereocenters. The molecule has 1 aromatic heterocycles. The van der Waals surface area contributed by atoms with E-state index in [1.54, 1.807) is 0 Å². The van der Waals surface area contributed by atoms with Crippen molar-refractivity contribution < 1.29 is 14.7 Å². The third-order valence-electron chi connectivity index (χ3n) is 3.67. The SMILES string of the molecule is CC(C)N1CCC(CNC(=O)c2cn(CC(=O)O)nn2)C1. The van der Waals surface area contributed by atoms with Crippen LogP contribution in [0.4, 0.5) is 0 Å². The van der Waals surface area contributed by atoms with Crippen LogP contribution in [-0.4, -0.2) is 62.6 Å². The van der Waals surface area contributed by atoms with Crippen molar-refractivity contribution in [3.63, 3.8) is 0 Å². The third-order valence-corrected chi connectivity index (χ3v) is 3.67. The highest BCUT2D eigenvalue weighted by molar-refractivity contribution is 5.91. The van der Waals surface area contributed by atoms with Crippen LogP contribution >= 0.6 is 0 Å². The Morgan fingerprint density at radius 2 is 2.29 bits per heavy atom. The van der Waals surface area contributed by atoms with E-state index in [0.29, 0.717) is 18.5 Å². The van der Waals surface area contributed by atoms with E-state index in [-0.39, 0.29) is 18.1 Å². The maximum absolute atomic E-state index is 11.9. The highest BCUT2D eigenvalue weighted by Gasteiger charge is 2.24. The topological polar surface area (TPSA) is 100 Å². The molecule has 1 unspecified atom stereocenters. The summed E-state index contributed by atoms with van der Waals surface area (Å²) in [5.74, 6) is -0.883. The van der Waals surface area contributed by atoms with Crippen LogP contribution in [0.1, 0.15) is 30.8 Å². The smallest absolute Gasteiger partial charge is 0.325 e. The number of likely N-dealkylation sites (tertiary alicyclic amines) is 1. The average Bonchev–Trinajstić information content (AvgIpc) is 3.04. The van der Waals surface area contributed by atoms with Gasteiger partial charge in [0, 0.05) is 19.1 Å². The van der Waals surface area contributed by atoms with Gasteiger partial charge in [-0.25, -0.2) is 4.68 Å². The van der Waals surface area contributed by atoms with Crippen LogP contribution in [0.5, 0.6) is 0 Å². The van der Waals surface area contributed by atoms with Gasteiger partial charge < -0.3 is 15.3 Å². The molecule has 2 heterocycles. The highest BCUT2D eigenvalue weighted by atomic mass is 16.4. The number of carboxylic acids is 1. The Labute approximate surface area is 123 Å². The number of aliphatic carboxylic acids is 1. The summed E-state index contributed by atoms with van der Waals surface area (Å²) in [6.07, 6.45) is 2.42. The van der Waals surface area contributed by atoms with Gasteiger partial charge in [0.2, 0.25) is 0 Å². The number of hydrogen-bond donors (Lipinski definition) is 2. The lowest BCUT2D eigenvalue weighted by molar-refractivity contribution is -0.137. The zero-order valence-electron chi connectivity index (χ0n) is 12.3. The summed E-state index contributed by atoms with van der Waals surface area (Å²) in [6.45, 7) is 6.69. The first-order valence-electron chi connectivity index (χ1n) is 7.10. The molecule has 0 aliphatic carbocycles. The first kappa shape index (κ1) is 15.4. The second-order valence-corrected chi connectivity index (χ2v) is 5.65. The largest absolute Gasteiger partial charge is 0.480 e. The van der Waals surface area contributed by atoms with Gasteiger partial charge in [-0.1, -0.05) is 5.21 Å². The molecule has 1 aliphatic rings. The van der Waals surface area contributed by atoms with Crippen molar-refractivity contribution in [2.75, 3.05) is 19.6 Å². The molecule has 0 aromatic carbocycles. The highest BCUT2D eigenvalue weighted by Crippen LogP contribution is 2.17. The van der Waals surface area contributed by atoms with Crippen molar-refractivity contribution in [1.29, 1.82) is 0 Å². The normalized spacial score (nSPS) is 19.1. The molecule has 1 aromatic rings. The monoisotopic (exact) mass is 295 g/mol. The van der Waals surface area contributed by atoms with E-state index < -0.39 is 5.97 Å². The molecule has 0 radical (unpaired) electrons. The lowest BCUT2D eigenvalue weighted by Crippen LogP contribution is -2.33. The van der Waals surface area contributed by atoms with Gasteiger partial charge in [0.25, 0.3) is 5.91 Å². The number of amides is 1. The first-order valence-corrected chi connectivity index (χ1v) is 7.10. The average molecular weight is 295 g/mol. The fraction of sp³-hybridized carbons (Fsp3) is 0.692. The summed E-state index contributed by atoms with van der Waals surface area (Å²) in [4.78, 5) is 24.9. The predicted molar refractivity (Wildman–Crippen MR) is 74.8 cm³/mol. The van der Waals surface area contributed by atoms with Crippen molar-refractivity contribution in [2.24, 2.45) is 5.92 Å². The van der Waals surface area contributed by atoms with E-state index in [2.05, 4.69) is 34.4 Å². The summed E-state index contributed by atoms with van der Waals surface area (Å²) >= 11 is 0. The molecular formula is C13H21N5O3. The molecule has 8 nitrogen and oxygen atoms in total. The van der Waals surface area contributed by atoms with Gasteiger partial charge in [0.15, 0.2) is 5.69 Å². The number of rotatable bonds is 6.